The standard InChI is InChI=1S/C9H13BrN2O3S/c1-2-15-6-7-16(13,14)12-9-8(10)4-3-5-11-9/h3-5H,2,6-7H2,1H3,(H,11,12). The van der Waals surface area contributed by atoms with E-state index in [0.29, 0.717) is 16.9 Å². The van der Waals surface area contributed by atoms with Crippen molar-refractivity contribution in [3.63, 3.8) is 0 Å². The van der Waals surface area contributed by atoms with Crippen LogP contribution in [-0.2, 0) is 14.8 Å². The molecule has 0 aromatic carbocycles. The molecule has 1 rings (SSSR count). The SMILES string of the molecule is CCOCCS(=O)(=O)Nc1ncccc1Br. The highest BCUT2D eigenvalue weighted by atomic mass is 79.9. The van der Waals surface area contributed by atoms with Gasteiger partial charge in [-0.1, -0.05) is 0 Å². The van der Waals surface area contributed by atoms with Crippen LogP contribution in [0, 0.1) is 0 Å². The number of hydrogen-bond donors (Lipinski definition) is 1. The lowest BCUT2D eigenvalue weighted by Gasteiger charge is -2.08. The number of nitrogens with one attached hydrogen (secondary N) is 1. The number of rotatable bonds is 6. The first-order chi connectivity index (χ1) is 7.55. The summed E-state index contributed by atoms with van der Waals surface area (Å²) in [7, 11) is -3.40. The Balaban J connectivity index is 2.63. The third-order valence-corrected chi connectivity index (χ3v) is 3.56. The summed E-state index contributed by atoms with van der Waals surface area (Å²) < 4.78 is 31.1. The second-order valence-corrected chi connectivity index (χ2v) is 5.65. The molecular weight excluding hydrogens is 296 g/mol. The predicted molar refractivity (Wildman–Crippen MR) is 65.8 cm³/mol. The van der Waals surface area contributed by atoms with Gasteiger partial charge in [0.05, 0.1) is 16.8 Å². The van der Waals surface area contributed by atoms with Crippen molar-refractivity contribution in [3.8, 4) is 0 Å². The maximum Gasteiger partial charge on any atom is 0.236 e. The number of halogens is 1. The lowest BCUT2D eigenvalue weighted by Crippen LogP contribution is -2.21. The minimum absolute atomic E-state index is 0.0795. The van der Waals surface area contributed by atoms with Crippen molar-refractivity contribution in [2.75, 3.05) is 23.7 Å². The molecule has 5 nitrogen and oxygen atoms in total. The van der Waals surface area contributed by atoms with Gasteiger partial charge in [-0.3, -0.25) is 4.72 Å². The van der Waals surface area contributed by atoms with E-state index in [0.717, 1.165) is 0 Å². The van der Waals surface area contributed by atoms with Crippen molar-refractivity contribution >= 4 is 31.8 Å². The summed E-state index contributed by atoms with van der Waals surface area (Å²) in [4.78, 5) is 3.91. The first-order valence-corrected chi connectivity index (χ1v) is 7.18. The maximum absolute atomic E-state index is 11.6. The Morgan fingerprint density at radius 2 is 2.31 bits per heavy atom. The van der Waals surface area contributed by atoms with Crippen LogP contribution in [0.15, 0.2) is 22.8 Å². The van der Waals surface area contributed by atoms with Crippen molar-refractivity contribution in [3.05, 3.63) is 22.8 Å². The highest BCUT2D eigenvalue weighted by Gasteiger charge is 2.12. The molecule has 0 amide bonds. The molecule has 1 aromatic rings. The number of pyridine rings is 1. The van der Waals surface area contributed by atoms with Crippen molar-refractivity contribution < 1.29 is 13.2 Å². The molecule has 0 unspecified atom stereocenters. The number of nitrogens with zero attached hydrogens (tertiary/aromatic N) is 1. The molecule has 0 bridgehead atoms. The Labute approximate surface area is 103 Å². The molecule has 0 radical (unpaired) electrons. The zero-order chi connectivity index (χ0) is 12.0. The van der Waals surface area contributed by atoms with Gasteiger partial charge in [-0.25, -0.2) is 13.4 Å². The van der Waals surface area contributed by atoms with Crippen LogP contribution in [0.5, 0.6) is 0 Å². The van der Waals surface area contributed by atoms with Crippen molar-refractivity contribution in [1.29, 1.82) is 0 Å². The zero-order valence-electron chi connectivity index (χ0n) is 8.81. The van der Waals surface area contributed by atoms with Gasteiger partial charge in [-0.2, -0.15) is 0 Å². The van der Waals surface area contributed by atoms with Gasteiger partial charge in [-0.05, 0) is 35.0 Å². The van der Waals surface area contributed by atoms with E-state index < -0.39 is 10.0 Å². The molecule has 0 saturated carbocycles. The van der Waals surface area contributed by atoms with Crippen LogP contribution >= 0.6 is 15.9 Å². The van der Waals surface area contributed by atoms with E-state index in [1.54, 1.807) is 12.1 Å². The molecule has 90 valence electrons. The molecule has 7 heteroatoms. The highest BCUT2D eigenvalue weighted by Crippen LogP contribution is 2.19. The molecule has 16 heavy (non-hydrogen) atoms. The fraction of sp³-hybridized carbons (Fsp3) is 0.444. The van der Waals surface area contributed by atoms with Gasteiger partial charge in [0.15, 0.2) is 5.82 Å². The quantitative estimate of drug-likeness (QED) is 0.811. The first-order valence-electron chi connectivity index (χ1n) is 4.74. The van der Waals surface area contributed by atoms with Crippen LogP contribution < -0.4 is 4.72 Å². The molecule has 0 aliphatic rings. The molecule has 0 saturated heterocycles. The van der Waals surface area contributed by atoms with Crippen molar-refractivity contribution in [2.24, 2.45) is 0 Å². The average molecular weight is 309 g/mol. The average Bonchev–Trinajstić information content (AvgIpc) is 2.21. The third-order valence-electron chi connectivity index (χ3n) is 1.71. The Bertz CT molecular complexity index is 436. The molecule has 0 aliphatic carbocycles. The largest absolute Gasteiger partial charge is 0.381 e. The number of anilines is 1. The smallest absolute Gasteiger partial charge is 0.236 e. The Hall–Kier alpha value is -0.660. The van der Waals surface area contributed by atoms with E-state index in [-0.39, 0.29) is 12.4 Å². The molecule has 0 fully saturated rings. The molecular formula is C9H13BrN2O3S. The topological polar surface area (TPSA) is 68.3 Å². The van der Waals surface area contributed by atoms with Gasteiger partial charge in [-0.15, -0.1) is 0 Å². The minimum Gasteiger partial charge on any atom is -0.381 e. The zero-order valence-corrected chi connectivity index (χ0v) is 11.2. The summed E-state index contributed by atoms with van der Waals surface area (Å²) in [6, 6.07) is 3.43. The number of ether oxygens (including phenoxy) is 1. The lowest BCUT2D eigenvalue weighted by molar-refractivity contribution is 0.163. The molecule has 0 aliphatic heterocycles. The summed E-state index contributed by atoms with van der Waals surface area (Å²) in [5.41, 5.74) is 0. The van der Waals surface area contributed by atoms with Gasteiger partial charge in [0.2, 0.25) is 10.0 Å². The Kier molecular flexibility index (Phi) is 5.17. The van der Waals surface area contributed by atoms with Crippen molar-refractivity contribution in [2.45, 2.75) is 6.92 Å². The summed E-state index contributed by atoms with van der Waals surface area (Å²) in [6.07, 6.45) is 1.52. The summed E-state index contributed by atoms with van der Waals surface area (Å²) >= 11 is 3.21. The summed E-state index contributed by atoms with van der Waals surface area (Å²) in [5.74, 6) is 0.211. The van der Waals surface area contributed by atoms with Gasteiger partial charge in [0.1, 0.15) is 0 Å². The Morgan fingerprint density at radius 1 is 1.56 bits per heavy atom. The number of hydrogen-bond acceptors (Lipinski definition) is 4. The lowest BCUT2D eigenvalue weighted by atomic mass is 10.5. The Morgan fingerprint density at radius 3 is 2.94 bits per heavy atom. The fourth-order valence-corrected chi connectivity index (χ4v) is 2.35. The monoisotopic (exact) mass is 308 g/mol. The van der Waals surface area contributed by atoms with Gasteiger partial charge in [0.25, 0.3) is 0 Å². The molecule has 0 spiro atoms. The van der Waals surface area contributed by atoms with Crippen LogP contribution in [0.3, 0.4) is 0 Å². The summed E-state index contributed by atoms with van der Waals surface area (Å²) in [5, 5.41) is 0. The van der Waals surface area contributed by atoms with Crippen LogP contribution in [0.2, 0.25) is 0 Å². The first kappa shape index (κ1) is 13.4. The van der Waals surface area contributed by atoms with E-state index in [1.807, 2.05) is 6.92 Å². The molecule has 1 N–H and O–H groups in total. The molecule has 0 atom stereocenters. The van der Waals surface area contributed by atoms with Crippen LogP contribution in [-0.4, -0.2) is 32.4 Å². The second kappa shape index (κ2) is 6.17. The molecule has 1 heterocycles. The van der Waals surface area contributed by atoms with Crippen LogP contribution in [0.4, 0.5) is 5.82 Å². The van der Waals surface area contributed by atoms with E-state index in [4.69, 9.17) is 4.74 Å². The maximum atomic E-state index is 11.6. The van der Waals surface area contributed by atoms with Crippen molar-refractivity contribution in [1.82, 2.24) is 4.98 Å². The van der Waals surface area contributed by atoms with Gasteiger partial charge < -0.3 is 4.74 Å². The van der Waals surface area contributed by atoms with E-state index in [2.05, 4.69) is 25.6 Å². The fourth-order valence-electron chi connectivity index (χ4n) is 0.972. The molecule has 1 aromatic heterocycles. The predicted octanol–water partition coefficient (Wildman–Crippen LogP) is 1.62. The minimum atomic E-state index is -3.40. The van der Waals surface area contributed by atoms with Gasteiger partial charge >= 0.3 is 0 Å². The number of aromatic nitrogens is 1. The van der Waals surface area contributed by atoms with Gasteiger partial charge in [0, 0.05) is 12.8 Å². The highest BCUT2D eigenvalue weighted by molar-refractivity contribution is 9.10. The van der Waals surface area contributed by atoms with Crippen LogP contribution in [0.1, 0.15) is 6.92 Å². The van der Waals surface area contributed by atoms with E-state index in [9.17, 15) is 8.42 Å². The second-order valence-electron chi connectivity index (χ2n) is 2.95. The van der Waals surface area contributed by atoms with E-state index >= 15 is 0 Å². The third kappa shape index (κ3) is 4.46. The van der Waals surface area contributed by atoms with Crippen LogP contribution in [0.25, 0.3) is 0 Å². The van der Waals surface area contributed by atoms with E-state index in [1.165, 1.54) is 6.20 Å². The number of sulfonamides is 1. The summed E-state index contributed by atoms with van der Waals surface area (Å²) in [6.45, 7) is 2.49. The normalized spacial score (nSPS) is 11.4.